The van der Waals surface area contributed by atoms with Crippen molar-refractivity contribution in [2.75, 3.05) is 36.4 Å². The van der Waals surface area contributed by atoms with E-state index in [9.17, 15) is 4.79 Å². The van der Waals surface area contributed by atoms with Gasteiger partial charge in [-0.1, -0.05) is 0 Å². The van der Waals surface area contributed by atoms with Gasteiger partial charge < -0.3 is 15.5 Å². The van der Waals surface area contributed by atoms with Gasteiger partial charge in [0.2, 0.25) is 5.91 Å². The lowest BCUT2D eigenvalue weighted by molar-refractivity contribution is -0.120. The first kappa shape index (κ1) is 13.4. The number of benzene rings is 1. The molecule has 1 amide bonds. The van der Waals surface area contributed by atoms with E-state index in [1.165, 1.54) is 18.5 Å². The summed E-state index contributed by atoms with van der Waals surface area (Å²) in [4.78, 5) is 14.5. The molecule has 0 bridgehead atoms. The van der Waals surface area contributed by atoms with Gasteiger partial charge in [0.25, 0.3) is 0 Å². The lowest BCUT2D eigenvalue weighted by Gasteiger charge is -2.22. The number of carbonyl (C=O) groups excluding carboxylic acids is 1. The molecule has 1 aromatic rings. The van der Waals surface area contributed by atoms with Crippen molar-refractivity contribution in [1.29, 1.82) is 0 Å². The van der Waals surface area contributed by atoms with Crippen molar-refractivity contribution in [3.8, 4) is 0 Å². The van der Waals surface area contributed by atoms with Crippen LogP contribution in [0.1, 0.15) is 25.7 Å². The molecule has 4 nitrogen and oxygen atoms in total. The fourth-order valence-electron chi connectivity index (χ4n) is 3.05. The second-order valence-electron chi connectivity index (χ2n) is 5.77. The molecule has 20 heavy (non-hydrogen) atoms. The molecule has 0 aliphatic carbocycles. The van der Waals surface area contributed by atoms with Crippen LogP contribution in [0.15, 0.2) is 24.3 Å². The number of hydrogen-bond acceptors (Lipinski definition) is 3. The molecule has 0 radical (unpaired) electrons. The maximum Gasteiger partial charge on any atom is 0.228 e. The highest BCUT2D eigenvalue weighted by Gasteiger charge is 2.20. The van der Waals surface area contributed by atoms with Gasteiger partial charge in [0.1, 0.15) is 0 Å². The third-order valence-electron chi connectivity index (χ3n) is 4.27. The lowest BCUT2D eigenvalue weighted by atomic mass is 9.99. The first-order chi connectivity index (χ1) is 9.83. The van der Waals surface area contributed by atoms with Crippen molar-refractivity contribution in [3.05, 3.63) is 24.3 Å². The van der Waals surface area contributed by atoms with Crippen LogP contribution in [-0.2, 0) is 4.79 Å². The van der Waals surface area contributed by atoms with Crippen LogP contribution in [0.4, 0.5) is 11.4 Å². The minimum Gasteiger partial charge on any atom is -0.372 e. The summed E-state index contributed by atoms with van der Waals surface area (Å²) < 4.78 is 0. The molecule has 1 atom stereocenters. The van der Waals surface area contributed by atoms with Gasteiger partial charge in [0, 0.05) is 31.0 Å². The zero-order valence-electron chi connectivity index (χ0n) is 11.9. The fraction of sp³-hybridized carbons (Fsp3) is 0.562. The van der Waals surface area contributed by atoms with Gasteiger partial charge in [0.15, 0.2) is 0 Å². The number of rotatable bonds is 3. The molecule has 4 heteroatoms. The maximum atomic E-state index is 12.1. The van der Waals surface area contributed by atoms with E-state index in [0.717, 1.165) is 44.7 Å². The second-order valence-corrected chi connectivity index (χ2v) is 5.77. The lowest BCUT2D eigenvalue weighted by Crippen LogP contribution is -2.37. The van der Waals surface area contributed by atoms with Crippen LogP contribution in [0.2, 0.25) is 0 Å². The van der Waals surface area contributed by atoms with Crippen molar-refractivity contribution >= 4 is 17.3 Å². The van der Waals surface area contributed by atoms with Gasteiger partial charge in [-0.2, -0.15) is 0 Å². The topological polar surface area (TPSA) is 44.4 Å². The van der Waals surface area contributed by atoms with E-state index in [0.29, 0.717) is 0 Å². The molecular weight excluding hydrogens is 250 g/mol. The molecule has 2 aliphatic rings. The summed E-state index contributed by atoms with van der Waals surface area (Å²) in [5, 5.41) is 6.31. The largest absolute Gasteiger partial charge is 0.372 e. The molecule has 1 aromatic carbocycles. The minimum absolute atomic E-state index is 0.113. The number of nitrogens with zero attached hydrogens (tertiary/aromatic N) is 1. The Morgan fingerprint density at radius 2 is 1.90 bits per heavy atom. The molecule has 0 unspecified atom stereocenters. The molecule has 3 rings (SSSR count). The van der Waals surface area contributed by atoms with E-state index in [1.54, 1.807) is 0 Å². The Balaban J connectivity index is 1.58. The first-order valence-corrected chi connectivity index (χ1v) is 7.69. The Morgan fingerprint density at radius 1 is 1.15 bits per heavy atom. The van der Waals surface area contributed by atoms with Gasteiger partial charge in [-0.15, -0.1) is 0 Å². The molecule has 2 heterocycles. The fourth-order valence-corrected chi connectivity index (χ4v) is 3.05. The van der Waals surface area contributed by atoms with Gasteiger partial charge in [-0.3, -0.25) is 4.79 Å². The van der Waals surface area contributed by atoms with Crippen molar-refractivity contribution in [2.24, 2.45) is 5.92 Å². The van der Waals surface area contributed by atoms with Crippen LogP contribution in [0.25, 0.3) is 0 Å². The molecule has 2 N–H and O–H groups in total. The Hall–Kier alpha value is -1.55. The number of amides is 1. The monoisotopic (exact) mass is 273 g/mol. The highest BCUT2D eigenvalue weighted by atomic mass is 16.1. The van der Waals surface area contributed by atoms with Crippen molar-refractivity contribution in [1.82, 2.24) is 5.32 Å². The highest BCUT2D eigenvalue weighted by Crippen LogP contribution is 2.22. The summed E-state index contributed by atoms with van der Waals surface area (Å²) in [6.07, 6.45) is 4.65. The third kappa shape index (κ3) is 3.12. The quantitative estimate of drug-likeness (QED) is 0.887. The molecule has 0 spiro atoms. The summed E-state index contributed by atoms with van der Waals surface area (Å²) in [6, 6.07) is 8.25. The maximum absolute atomic E-state index is 12.1. The third-order valence-corrected chi connectivity index (χ3v) is 4.27. The highest BCUT2D eigenvalue weighted by molar-refractivity contribution is 5.92. The number of anilines is 2. The average molecular weight is 273 g/mol. The van der Waals surface area contributed by atoms with Crippen LogP contribution in [-0.4, -0.2) is 32.1 Å². The predicted octanol–water partition coefficient (Wildman–Crippen LogP) is 2.22. The van der Waals surface area contributed by atoms with E-state index >= 15 is 0 Å². The summed E-state index contributed by atoms with van der Waals surface area (Å²) in [5.74, 6) is 0.258. The summed E-state index contributed by atoms with van der Waals surface area (Å²) in [7, 11) is 0. The van der Waals surface area contributed by atoms with Crippen LogP contribution >= 0.6 is 0 Å². The summed E-state index contributed by atoms with van der Waals surface area (Å²) >= 11 is 0. The molecule has 2 aliphatic heterocycles. The van der Waals surface area contributed by atoms with Gasteiger partial charge in [0.05, 0.1) is 5.92 Å². The van der Waals surface area contributed by atoms with E-state index in [4.69, 9.17) is 0 Å². The molecule has 0 aromatic heterocycles. The normalized spacial score (nSPS) is 22.8. The van der Waals surface area contributed by atoms with Crippen molar-refractivity contribution < 1.29 is 4.79 Å². The summed E-state index contributed by atoms with van der Waals surface area (Å²) in [6.45, 7) is 4.14. The standard InChI is InChI=1S/C16H23N3O/c20-16(13-4-3-9-17-12-13)18-14-5-7-15(8-6-14)19-10-1-2-11-19/h5-8,13,17H,1-4,9-12H2,(H,18,20)/t13-/m1/s1. The zero-order valence-corrected chi connectivity index (χ0v) is 11.9. The van der Waals surface area contributed by atoms with Gasteiger partial charge >= 0.3 is 0 Å². The van der Waals surface area contributed by atoms with E-state index in [1.807, 2.05) is 12.1 Å². The van der Waals surface area contributed by atoms with E-state index in [-0.39, 0.29) is 11.8 Å². The van der Waals surface area contributed by atoms with Gasteiger partial charge in [-0.05, 0) is 56.5 Å². The minimum atomic E-state index is 0.113. The Labute approximate surface area is 120 Å². The SMILES string of the molecule is O=C(Nc1ccc(N2CCCC2)cc1)[C@@H]1CCCNC1. The van der Waals surface area contributed by atoms with E-state index in [2.05, 4.69) is 27.7 Å². The number of carbonyl (C=O) groups is 1. The van der Waals surface area contributed by atoms with Crippen LogP contribution < -0.4 is 15.5 Å². The molecule has 108 valence electrons. The Morgan fingerprint density at radius 3 is 2.55 bits per heavy atom. The van der Waals surface area contributed by atoms with Crippen LogP contribution in [0.5, 0.6) is 0 Å². The number of nitrogens with one attached hydrogen (secondary N) is 2. The first-order valence-electron chi connectivity index (χ1n) is 7.69. The molecule has 2 saturated heterocycles. The van der Waals surface area contributed by atoms with E-state index < -0.39 is 0 Å². The number of hydrogen-bond donors (Lipinski definition) is 2. The van der Waals surface area contributed by atoms with Crippen molar-refractivity contribution in [3.63, 3.8) is 0 Å². The Bertz CT molecular complexity index is 445. The second kappa shape index (κ2) is 6.27. The average Bonchev–Trinajstić information content (AvgIpc) is 3.03. The molecular formula is C16H23N3O. The number of piperidine rings is 1. The van der Waals surface area contributed by atoms with Crippen LogP contribution in [0, 0.1) is 5.92 Å². The Kier molecular flexibility index (Phi) is 4.21. The summed E-state index contributed by atoms with van der Waals surface area (Å²) in [5.41, 5.74) is 2.17. The van der Waals surface area contributed by atoms with Gasteiger partial charge in [-0.25, -0.2) is 0 Å². The van der Waals surface area contributed by atoms with Crippen molar-refractivity contribution in [2.45, 2.75) is 25.7 Å². The zero-order chi connectivity index (χ0) is 13.8. The molecule has 0 saturated carbocycles. The van der Waals surface area contributed by atoms with Crippen LogP contribution in [0.3, 0.4) is 0 Å². The molecule has 2 fully saturated rings. The smallest absolute Gasteiger partial charge is 0.228 e. The predicted molar refractivity (Wildman–Crippen MR) is 82.1 cm³/mol.